The molecule has 0 amide bonds. The van der Waals surface area contributed by atoms with Gasteiger partial charge in [-0.3, -0.25) is 4.90 Å². The number of benzene rings is 1. The van der Waals surface area contributed by atoms with Crippen LogP contribution in [0.3, 0.4) is 0 Å². The molecule has 1 aliphatic heterocycles. The molecule has 1 aromatic carbocycles. The summed E-state index contributed by atoms with van der Waals surface area (Å²) in [4.78, 5) is 6.87. The second kappa shape index (κ2) is 7.90. The molecule has 4 nitrogen and oxygen atoms in total. The minimum Gasteiger partial charge on any atom is -0.444 e. The van der Waals surface area contributed by atoms with E-state index in [9.17, 15) is 4.39 Å². The summed E-state index contributed by atoms with van der Waals surface area (Å²) in [6, 6.07) is 6.84. The van der Waals surface area contributed by atoms with Crippen molar-refractivity contribution < 1.29 is 8.81 Å². The van der Waals surface area contributed by atoms with Gasteiger partial charge in [-0.05, 0) is 44.5 Å². The molecule has 0 aliphatic carbocycles. The number of piperidine rings is 1. The molecule has 1 saturated heterocycles. The Bertz CT molecular complexity index is 632. The van der Waals surface area contributed by atoms with E-state index >= 15 is 0 Å². The third-order valence-electron chi connectivity index (χ3n) is 4.26. The van der Waals surface area contributed by atoms with Crippen LogP contribution in [0.1, 0.15) is 31.9 Å². The Balaban J connectivity index is 0.00000192. The molecule has 2 heterocycles. The highest BCUT2D eigenvalue weighted by Gasteiger charge is 2.26. The first-order chi connectivity index (χ1) is 10.6. The first-order valence-electron chi connectivity index (χ1n) is 7.83. The summed E-state index contributed by atoms with van der Waals surface area (Å²) in [6.45, 7) is 3.82. The Morgan fingerprint density at radius 1 is 1.43 bits per heavy atom. The number of oxazole rings is 1. The summed E-state index contributed by atoms with van der Waals surface area (Å²) in [5.74, 6) is 0.175. The molecule has 0 radical (unpaired) electrons. The maximum absolute atomic E-state index is 13.3. The van der Waals surface area contributed by atoms with Gasteiger partial charge in [0.05, 0.1) is 5.69 Å². The van der Waals surface area contributed by atoms with Crippen LogP contribution < -0.4 is 5.73 Å². The summed E-state index contributed by atoms with van der Waals surface area (Å²) in [7, 11) is 0. The zero-order valence-electron chi connectivity index (χ0n) is 13.2. The smallest absolute Gasteiger partial charge is 0.226 e. The van der Waals surface area contributed by atoms with Crippen LogP contribution in [0.5, 0.6) is 0 Å². The van der Waals surface area contributed by atoms with E-state index in [1.165, 1.54) is 25.0 Å². The molecular formula is C17H23ClFN3O. The average Bonchev–Trinajstić information content (AvgIpc) is 2.96. The predicted octanol–water partition coefficient (Wildman–Crippen LogP) is 3.60. The highest BCUT2D eigenvalue weighted by molar-refractivity contribution is 5.85. The van der Waals surface area contributed by atoms with E-state index in [-0.39, 0.29) is 24.3 Å². The second-order valence-corrected chi connectivity index (χ2v) is 6.05. The van der Waals surface area contributed by atoms with E-state index in [1.807, 2.05) is 0 Å². The Hall–Kier alpha value is -1.43. The van der Waals surface area contributed by atoms with Gasteiger partial charge in [0.2, 0.25) is 5.89 Å². The van der Waals surface area contributed by atoms with Crippen LogP contribution in [-0.4, -0.2) is 28.5 Å². The van der Waals surface area contributed by atoms with Crippen LogP contribution in [0.15, 0.2) is 34.9 Å². The molecular weight excluding hydrogens is 317 g/mol. The van der Waals surface area contributed by atoms with Crippen LogP contribution in [0.25, 0.3) is 11.5 Å². The number of nitrogens with zero attached hydrogens (tertiary/aromatic N) is 2. The van der Waals surface area contributed by atoms with Crippen molar-refractivity contribution in [2.24, 2.45) is 5.73 Å². The Labute approximate surface area is 142 Å². The van der Waals surface area contributed by atoms with Crippen LogP contribution >= 0.6 is 12.4 Å². The fourth-order valence-corrected chi connectivity index (χ4v) is 3.15. The number of rotatable bonds is 4. The molecule has 2 unspecified atom stereocenters. The number of hydrogen-bond acceptors (Lipinski definition) is 4. The second-order valence-electron chi connectivity index (χ2n) is 6.05. The quantitative estimate of drug-likeness (QED) is 0.924. The minimum atomic E-state index is -0.287. The van der Waals surface area contributed by atoms with Crippen LogP contribution in [-0.2, 0) is 6.54 Å². The van der Waals surface area contributed by atoms with E-state index in [1.54, 1.807) is 18.4 Å². The van der Waals surface area contributed by atoms with Gasteiger partial charge in [0, 0.05) is 24.2 Å². The van der Waals surface area contributed by atoms with Gasteiger partial charge in [0.1, 0.15) is 12.1 Å². The summed E-state index contributed by atoms with van der Waals surface area (Å²) in [5, 5.41) is 0. The van der Waals surface area contributed by atoms with Crippen molar-refractivity contribution in [3.8, 4) is 11.5 Å². The average molecular weight is 340 g/mol. The van der Waals surface area contributed by atoms with Gasteiger partial charge >= 0.3 is 0 Å². The van der Waals surface area contributed by atoms with Crippen molar-refractivity contribution in [3.05, 3.63) is 42.0 Å². The summed E-state index contributed by atoms with van der Waals surface area (Å²) in [5.41, 5.74) is 7.63. The molecule has 23 heavy (non-hydrogen) atoms. The number of halogens is 2. The van der Waals surface area contributed by atoms with E-state index in [0.29, 0.717) is 17.5 Å². The molecule has 0 bridgehead atoms. The van der Waals surface area contributed by atoms with Gasteiger partial charge in [-0.2, -0.15) is 0 Å². The molecule has 0 spiro atoms. The van der Waals surface area contributed by atoms with E-state index in [2.05, 4.69) is 16.8 Å². The van der Waals surface area contributed by atoms with Gasteiger partial charge in [-0.15, -0.1) is 12.4 Å². The van der Waals surface area contributed by atoms with E-state index in [4.69, 9.17) is 10.2 Å². The minimum absolute atomic E-state index is 0. The van der Waals surface area contributed by atoms with E-state index < -0.39 is 0 Å². The molecule has 1 aromatic heterocycles. The van der Waals surface area contributed by atoms with Crippen LogP contribution in [0.4, 0.5) is 4.39 Å². The normalized spacial score (nSPS) is 20.0. The highest BCUT2D eigenvalue weighted by atomic mass is 35.5. The van der Waals surface area contributed by atoms with Gasteiger partial charge < -0.3 is 10.2 Å². The first kappa shape index (κ1) is 17.9. The lowest BCUT2D eigenvalue weighted by molar-refractivity contribution is 0.121. The van der Waals surface area contributed by atoms with Crippen molar-refractivity contribution in [2.45, 2.75) is 44.8 Å². The molecule has 2 atom stereocenters. The summed E-state index contributed by atoms with van der Waals surface area (Å²) >= 11 is 0. The van der Waals surface area contributed by atoms with Crippen molar-refractivity contribution in [2.75, 3.05) is 6.54 Å². The zero-order valence-corrected chi connectivity index (χ0v) is 14.1. The maximum Gasteiger partial charge on any atom is 0.226 e. The largest absolute Gasteiger partial charge is 0.444 e. The number of aromatic nitrogens is 1. The SMILES string of the molecule is CC(N)C1CCCCN1Cc1coc(-c2cccc(F)c2)n1.Cl. The lowest BCUT2D eigenvalue weighted by atomic mass is 9.97. The fourth-order valence-electron chi connectivity index (χ4n) is 3.15. The third-order valence-corrected chi connectivity index (χ3v) is 4.26. The number of nitrogens with two attached hydrogens (primary N) is 1. The fraction of sp³-hybridized carbons (Fsp3) is 0.471. The van der Waals surface area contributed by atoms with Gasteiger partial charge in [0.25, 0.3) is 0 Å². The summed E-state index contributed by atoms with van der Waals surface area (Å²) in [6.07, 6.45) is 5.22. The lowest BCUT2D eigenvalue weighted by Gasteiger charge is -2.37. The first-order valence-corrected chi connectivity index (χ1v) is 7.83. The molecule has 6 heteroatoms. The van der Waals surface area contributed by atoms with Crippen LogP contribution in [0, 0.1) is 5.82 Å². The Morgan fingerprint density at radius 3 is 3.00 bits per heavy atom. The van der Waals surface area contributed by atoms with Crippen molar-refractivity contribution in [3.63, 3.8) is 0 Å². The number of hydrogen-bond donors (Lipinski definition) is 1. The Morgan fingerprint density at radius 2 is 2.26 bits per heavy atom. The van der Waals surface area contributed by atoms with Gasteiger partial charge in [-0.1, -0.05) is 12.5 Å². The Kier molecular flexibility index (Phi) is 6.16. The van der Waals surface area contributed by atoms with E-state index in [0.717, 1.165) is 25.2 Å². The van der Waals surface area contributed by atoms with Crippen molar-refractivity contribution in [1.29, 1.82) is 0 Å². The maximum atomic E-state index is 13.3. The van der Waals surface area contributed by atoms with Gasteiger partial charge in [0.15, 0.2) is 0 Å². The molecule has 0 saturated carbocycles. The molecule has 3 rings (SSSR count). The lowest BCUT2D eigenvalue weighted by Crippen LogP contribution is -2.48. The standard InChI is InChI=1S/C17H22FN3O.ClH/c1-12(19)16-7-2-3-8-21(16)10-15-11-22-17(20-15)13-5-4-6-14(18)9-13;/h4-6,9,11-12,16H,2-3,7-8,10,19H2,1H3;1H. The molecule has 1 fully saturated rings. The van der Waals surface area contributed by atoms with Gasteiger partial charge in [-0.25, -0.2) is 9.37 Å². The molecule has 1 aliphatic rings. The molecule has 2 N–H and O–H groups in total. The number of likely N-dealkylation sites (tertiary alicyclic amines) is 1. The monoisotopic (exact) mass is 339 g/mol. The third kappa shape index (κ3) is 4.31. The molecule has 126 valence electrons. The molecule has 2 aromatic rings. The highest BCUT2D eigenvalue weighted by Crippen LogP contribution is 2.23. The summed E-state index contributed by atoms with van der Waals surface area (Å²) < 4.78 is 18.8. The van der Waals surface area contributed by atoms with Crippen LogP contribution in [0.2, 0.25) is 0 Å². The van der Waals surface area contributed by atoms with Crippen molar-refractivity contribution >= 4 is 12.4 Å². The topological polar surface area (TPSA) is 55.3 Å². The van der Waals surface area contributed by atoms with Crippen molar-refractivity contribution in [1.82, 2.24) is 9.88 Å². The predicted molar refractivity (Wildman–Crippen MR) is 90.8 cm³/mol. The zero-order chi connectivity index (χ0) is 15.5.